The zero-order chi connectivity index (χ0) is 66.2. The second-order valence-corrected chi connectivity index (χ2v) is 25.2. The van der Waals surface area contributed by atoms with E-state index in [9.17, 15) is 0 Å². The van der Waals surface area contributed by atoms with Crippen molar-refractivity contribution in [2.24, 2.45) is 35.2 Å². The first-order valence-corrected chi connectivity index (χ1v) is 32.7. The molecule has 5 heteroatoms. The minimum absolute atomic E-state index is 1.25. The van der Waals surface area contributed by atoms with E-state index in [2.05, 4.69) is 400 Å². The molecule has 0 spiro atoms. The summed E-state index contributed by atoms with van der Waals surface area (Å²) in [6.07, 6.45) is 2.09. The van der Waals surface area contributed by atoms with Gasteiger partial charge in [-0.2, -0.15) is 18.3 Å². The minimum Gasteiger partial charge on any atom is -0.201 e. The summed E-state index contributed by atoms with van der Waals surface area (Å²) in [5, 5.41) is 7.74. The standard InChI is InChI=1S/4C18H18N.C17H16N/c1-13-7-6-8-14(2)18(13)17-12-11-15-9-4-5-10-16(15)19(17)3;1-13-7-6-9-16(14(13)2)18-12-11-15-8-4-5-10-17(15)19(18)3;1-13-8-10-16(14(2)12-13)18-11-9-15-6-4-5-7-17(15)19(18)3;1-13-8-9-14(2)16(12-13)18-11-10-15-6-4-5-7-17(15)19(18)3;1-13-15-8-4-3-7-14(15)10-11-16(13)17-9-5-6-12-18(17)2/h4*4-12H,1-3H3;3-12H,1-2H3/q5*+1. The predicted octanol–water partition coefficient (Wildman–Crippen LogP) is 19.4. The largest absolute Gasteiger partial charge is 0.213 e. The lowest BCUT2D eigenvalue weighted by molar-refractivity contribution is -0.660. The molecule has 15 rings (SSSR count). The van der Waals surface area contributed by atoms with E-state index in [0.29, 0.717) is 0 Å². The molecule has 0 fully saturated rings. The van der Waals surface area contributed by atoms with Gasteiger partial charge in [0.1, 0.15) is 35.2 Å². The Labute approximate surface area is 557 Å². The van der Waals surface area contributed by atoms with Gasteiger partial charge in [-0.05, 0) is 191 Å². The Morgan fingerprint density at radius 3 is 1.15 bits per heavy atom. The Hall–Kier alpha value is -10.8. The second-order valence-electron chi connectivity index (χ2n) is 25.2. The van der Waals surface area contributed by atoms with E-state index in [1.807, 2.05) is 0 Å². The molecule has 5 nitrogen and oxygen atoms in total. The number of nitrogens with zero attached hydrogens (tertiary/aromatic N) is 5. The molecule has 0 aliphatic rings. The van der Waals surface area contributed by atoms with Gasteiger partial charge in [0.15, 0.2) is 6.20 Å². The molecule has 0 bridgehead atoms. The lowest BCUT2D eigenvalue weighted by Gasteiger charge is -2.09. The molecule has 5 aromatic heterocycles. The number of benzene rings is 10. The first-order valence-electron chi connectivity index (χ1n) is 32.7. The van der Waals surface area contributed by atoms with Crippen molar-refractivity contribution >= 4 is 54.4 Å². The normalized spacial score (nSPS) is 10.9. The van der Waals surface area contributed by atoms with Crippen molar-refractivity contribution in [3.05, 3.63) is 329 Å². The van der Waals surface area contributed by atoms with Gasteiger partial charge in [0.25, 0.3) is 0 Å². The summed E-state index contributed by atoms with van der Waals surface area (Å²) in [6, 6.07) is 97.2. The van der Waals surface area contributed by atoms with Crippen molar-refractivity contribution in [2.75, 3.05) is 0 Å². The van der Waals surface area contributed by atoms with Gasteiger partial charge in [0, 0.05) is 104 Å². The maximum atomic E-state index is 2.28. The molecule has 0 N–H and O–H groups in total. The smallest absolute Gasteiger partial charge is 0.201 e. The van der Waals surface area contributed by atoms with E-state index in [1.165, 1.54) is 161 Å². The highest BCUT2D eigenvalue weighted by Crippen LogP contribution is 2.31. The van der Waals surface area contributed by atoms with Crippen LogP contribution in [-0.4, -0.2) is 0 Å². The van der Waals surface area contributed by atoms with Crippen molar-refractivity contribution in [3.63, 3.8) is 0 Å². The molecule has 0 saturated carbocycles. The van der Waals surface area contributed by atoms with E-state index < -0.39 is 0 Å². The molecule has 0 amide bonds. The highest BCUT2D eigenvalue weighted by atomic mass is 15.0. The van der Waals surface area contributed by atoms with Gasteiger partial charge in [0.05, 0.1) is 5.56 Å². The highest BCUT2D eigenvalue weighted by Gasteiger charge is 2.21. The van der Waals surface area contributed by atoms with Crippen LogP contribution < -0.4 is 22.8 Å². The van der Waals surface area contributed by atoms with Gasteiger partial charge in [-0.25, -0.2) is 4.57 Å². The number of para-hydroxylation sites is 4. The lowest BCUT2D eigenvalue weighted by atomic mass is 9.98. The first-order chi connectivity index (χ1) is 45.5. The fourth-order valence-electron chi connectivity index (χ4n) is 13.3. The van der Waals surface area contributed by atoms with Crippen LogP contribution in [0.15, 0.2) is 279 Å². The summed E-state index contributed by atoms with van der Waals surface area (Å²) in [5.74, 6) is 0. The molecular weight excluding hydrogens is 1140 g/mol. The van der Waals surface area contributed by atoms with Gasteiger partial charge >= 0.3 is 0 Å². The van der Waals surface area contributed by atoms with Gasteiger partial charge in [-0.1, -0.05) is 145 Å². The Morgan fingerprint density at radius 2 is 0.617 bits per heavy atom. The number of hydrogen-bond donors (Lipinski definition) is 0. The Morgan fingerprint density at radius 1 is 0.223 bits per heavy atom. The third-order valence-corrected chi connectivity index (χ3v) is 18.8. The van der Waals surface area contributed by atoms with Crippen molar-refractivity contribution in [1.29, 1.82) is 0 Å². The molecule has 0 aliphatic carbocycles. The molecular formula is C89H88N5+5. The van der Waals surface area contributed by atoms with Gasteiger partial charge in [0.2, 0.25) is 50.5 Å². The molecule has 0 saturated heterocycles. The average molecular weight is 1230 g/mol. The summed E-state index contributed by atoms with van der Waals surface area (Å²) >= 11 is 0. The van der Waals surface area contributed by atoms with E-state index in [0.717, 1.165) is 0 Å². The quantitative estimate of drug-likeness (QED) is 0.153. The molecule has 0 atom stereocenters. The van der Waals surface area contributed by atoms with Crippen LogP contribution in [0.4, 0.5) is 0 Å². The van der Waals surface area contributed by atoms with Crippen LogP contribution in [0.2, 0.25) is 0 Å². The fourth-order valence-corrected chi connectivity index (χ4v) is 13.3. The summed E-state index contributed by atoms with van der Waals surface area (Å²) in [5.41, 5.74) is 29.9. The number of hydrogen-bond acceptors (Lipinski definition) is 0. The van der Waals surface area contributed by atoms with E-state index in [1.54, 1.807) is 0 Å². The predicted molar refractivity (Wildman–Crippen MR) is 395 cm³/mol. The third-order valence-electron chi connectivity index (χ3n) is 18.8. The Kier molecular flexibility index (Phi) is 19.9. The molecule has 5 heterocycles. The van der Waals surface area contributed by atoms with Crippen LogP contribution in [0.1, 0.15) is 50.1 Å². The van der Waals surface area contributed by atoms with Crippen LogP contribution in [0, 0.1) is 62.3 Å². The van der Waals surface area contributed by atoms with Crippen molar-refractivity contribution in [1.82, 2.24) is 0 Å². The molecule has 15 aromatic rings. The highest BCUT2D eigenvalue weighted by molar-refractivity contribution is 5.91. The van der Waals surface area contributed by atoms with Gasteiger partial charge in [-0.3, -0.25) is 0 Å². The van der Waals surface area contributed by atoms with Gasteiger partial charge in [-0.15, -0.1) is 0 Å². The maximum absolute atomic E-state index is 2.28. The minimum atomic E-state index is 1.25. The van der Waals surface area contributed by atoms with Crippen molar-refractivity contribution in [2.45, 2.75) is 62.3 Å². The van der Waals surface area contributed by atoms with Crippen LogP contribution in [0.5, 0.6) is 0 Å². The average Bonchev–Trinajstić information content (AvgIpc) is 0.881. The molecule has 0 aliphatic heterocycles. The van der Waals surface area contributed by atoms with E-state index in [-0.39, 0.29) is 0 Å². The van der Waals surface area contributed by atoms with Crippen LogP contribution in [0.25, 0.3) is 111 Å². The van der Waals surface area contributed by atoms with Crippen molar-refractivity contribution < 1.29 is 22.8 Å². The SMILES string of the molecule is Cc1c(-c2cccc[n+]2C)ccc2ccccc12.Cc1ccc(-c2ccc3ccccc3[n+]2C)c(C)c1.Cc1ccc(C)c(-c2ccc3ccccc3[n+]2C)c1.Cc1cccc(-c2ccc3ccccc3[n+]2C)c1C.Cc1cccc(C)c1-c1ccc2ccccc2[n+]1C. The molecule has 10 aromatic carbocycles. The first kappa shape index (κ1) is 64.8. The van der Waals surface area contributed by atoms with E-state index in [4.69, 9.17) is 0 Å². The zero-order valence-electron chi connectivity index (χ0n) is 57.3. The van der Waals surface area contributed by atoms with Crippen LogP contribution >= 0.6 is 0 Å². The van der Waals surface area contributed by atoms with Gasteiger partial charge < -0.3 is 0 Å². The second kappa shape index (κ2) is 28.8. The number of pyridine rings is 5. The maximum Gasteiger partial charge on any atom is 0.213 e. The number of aryl methyl sites for hydroxylation is 13. The molecule has 0 unspecified atom stereocenters. The van der Waals surface area contributed by atoms with E-state index >= 15 is 0 Å². The summed E-state index contributed by atoms with van der Waals surface area (Å²) in [4.78, 5) is 0. The third kappa shape index (κ3) is 13.9. The monoisotopic (exact) mass is 1230 g/mol. The number of aromatic nitrogens is 5. The number of rotatable bonds is 5. The van der Waals surface area contributed by atoms with Crippen LogP contribution in [-0.2, 0) is 35.2 Å². The molecule has 0 radical (unpaired) electrons. The van der Waals surface area contributed by atoms with Crippen molar-refractivity contribution in [3.8, 4) is 56.3 Å². The topological polar surface area (TPSA) is 19.4 Å². The summed E-state index contributed by atoms with van der Waals surface area (Å²) in [6.45, 7) is 19.5. The Balaban J connectivity index is 0.000000120. The molecule has 94 heavy (non-hydrogen) atoms. The van der Waals surface area contributed by atoms with Crippen LogP contribution in [0.3, 0.4) is 0 Å². The zero-order valence-corrected chi connectivity index (χ0v) is 57.3. The summed E-state index contributed by atoms with van der Waals surface area (Å²) in [7, 11) is 10.6. The molecule has 464 valence electrons. The number of fused-ring (bicyclic) bond motifs is 5. The lowest BCUT2D eigenvalue weighted by Crippen LogP contribution is -2.32. The summed E-state index contributed by atoms with van der Waals surface area (Å²) < 4.78 is 11.3. The fraction of sp³-hybridized carbons (Fsp3) is 0.157. The Bertz CT molecular complexity index is 5160.